The highest BCUT2D eigenvalue weighted by Crippen LogP contribution is 2.24. The Hall–Kier alpha value is -3.62. The number of benzene rings is 2. The van der Waals surface area contributed by atoms with Crippen molar-refractivity contribution in [2.75, 3.05) is 0 Å². The van der Waals surface area contributed by atoms with Crippen molar-refractivity contribution in [2.45, 2.75) is 6.92 Å². The number of nitro benzene ring substituents is 2. The van der Waals surface area contributed by atoms with Crippen LogP contribution in [0.3, 0.4) is 0 Å². The topological polar surface area (TPSA) is 130 Å². The molecule has 2 aromatic carbocycles. The van der Waals surface area contributed by atoms with Crippen LogP contribution in [0.25, 0.3) is 0 Å². The second-order valence-corrected chi connectivity index (χ2v) is 4.68. The normalized spacial score (nSPS) is 10.0. The molecule has 2 aromatic rings. The lowest BCUT2D eigenvalue weighted by Gasteiger charge is -2.06. The molecule has 0 spiro atoms. The molecule has 0 aliphatic heterocycles. The van der Waals surface area contributed by atoms with Gasteiger partial charge in [0, 0.05) is 12.1 Å². The summed E-state index contributed by atoms with van der Waals surface area (Å²) in [5.74, 6) is -2.51. The molecule has 0 N–H and O–H groups in total. The number of aryl methyl sites for hydroxylation is 1. The van der Waals surface area contributed by atoms with Crippen LogP contribution in [0.2, 0.25) is 0 Å². The monoisotopic (exact) mass is 330 g/mol. The highest BCUT2D eigenvalue weighted by molar-refractivity contribution is 6.06. The van der Waals surface area contributed by atoms with Crippen molar-refractivity contribution in [1.82, 2.24) is 0 Å². The van der Waals surface area contributed by atoms with Crippen LogP contribution >= 0.6 is 0 Å². The van der Waals surface area contributed by atoms with Crippen LogP contribution in [0.1, 0.15) is 26.3 Å². The minimum atomic E-state index is -1.26. The van der Waals surface area contributed by atoms with Gasteiger partial charge in [-0.3, -0.25) is 20.2 Å². The fraction of sp³-hybridized carbons (Fsp3) is 0.0667. The first-order valence-corrected chi connectivity index (χ1v) is 6.57. The summed E-state index contributed by atoms with van der Waals surface area (Å²) in [7, 11) is 0. The summed E-state index contributed by atoms with van der Waals surface area (Å²) >= 11 is 0. The third-order valence-corrected chi connectivity index (χ3v) is 3.16. The van der Waals surface area contributed by atoms with Gasteiger partial charge in [0.25, 0.3) is 11.4 Å². The van der Waals surface area contributed by atoms with Crippen LogP contribution in [0.5, 0.6) is 0 Å². The number of hydrogen-bond donors (Lipinski definition) is 0. The standard InChI is InChI=1S/C15H10N2O7/c1-9-5-4-8-12(17(22)23)13(9)15(19)24-14(18)10-6-2-3-7-11(10)16(20)21/h2-8H,1H3. The maximum absolute atomic E-state index is 12.1. The van der Waals surface area contributed by atoms with Gasteiger partial charge in [0.05, 0.1) is 9.85 Å². The molecule has 0 saturated heterocycles. The molecule has 122 valence electrons. The zero-order chi connectivity index (χ0) is 17.9. The second-order valence-electron chi connectivity index (χ2n) is 4.68. The highest BCUT2D eigenvalue weighted by atomic mass is 16.6. The van der Waals surface area contributed by atoms with Crippen molar-refractivity contribution in [3.8, 4) is 0 Å². The highest BCUT2D eigenvalue weighted by Gasteiger charge is 2.28. The fourth-order valence-corrected chi connectivity index (χ4v) is 2.07. The molecule has 0 saturated carbocycles. The average Bonchev–Trinajstić information content (AvgIpc) is 2.54. The van der Waals surface area contributed by atoms with Crippen LogP contribution in [0.4, 0.5) is 11.4 Å². The van der Waals surface area contributed by atoms with Crippen molar-refractivity contribution in [1.29, 1.82) is 0 Å². The van der Waals surface area contributed by atoms with Gasteiger partial charge in [0.15, 0.2) is 0 Å². The van der Waals surface area contributed by atoms with E-state index in [1.165, 1.54) is 31.2 Å². The fourth-order valence-electron chi connectivity index (χ4n) is 2.07. The molecular weight excluding hydrogens is 320 g/mol. The smallest absolute Gasteiger partial charge is 0.353 e. The van der Waals surface area contributed by atoms with Crippen molar-refractivity contribution in [2.24, 2.45) is 0 Å². The molecule has 0 fully saturated rings. The number of rotatable bonds is 4. The molecule has 0 aromatic heterocycles. The quantitative estimate of drug-likeness (QED) is 0.364. The number of carbonyl (C=O) groups is 2. The molecule has 0 unspecified atom stereocenters. The Morgan fingerprint density at radius 3 is 2.08 bits per heavy atom. The summed E-state index contributed by atoms with van der Waals surface area (Å²) in [6.07, 6.45) is 0. The number of nitro groups is 2. The number of ether oxygens (including phenoxy) is 1. The van der Waals surface area contributed by atoms with Gasteiger partial charge in [-0.05, 0) is 18.6 Å². The van der Waals surface area contributed by atoms with Gasteiger partial charge < -0.3 is 4.74 Å². The van der Waals surface area contributed by atoms with Crippen molar-refractivity contribution < 1.29 is 24.2 Å². The molecule has 0 amide bonds. The van der Waals surface area contributed by atoms with E-state index in [9.17, 15) is 29.8 Å². The Labute approximate surface area is 134 Å². The van der Waals surface area contributed by atoms with E-state index in [0.717, 1.165) is 18.2 Å². The van der Waals surface area contributed by atoms with Crippen LogP contribution in [0, 0.1) is 27.2 Å². The molecule has 9 nitrogen and oxygen atoms in total. The molecular formula is C15H10N2O7. The van der Waals surface area contributed by atoms with Crippen LogP contribution < -0.4 is 0 Å². The number of esters is 2. The van der Waals surface area contributed by atoms with Gasteiger partial charge in [0.1, 0.15) is 11.1 Å². The van der Waals surface area contributed by atoms with Crippen molar-refractivity contribution in [3.63, 3.8) is 0 Å². The Bertz CT molecular complexity index is 861. The molecule has 0 aliphatic carbocycles. The average molecular weight is 330 g/mol. The first-order valence-electron chi connectivity index (χ1n) is 6.57. The van der Waals surface area contributed by atoms with Crippen LogP contribution in [0.15, 0.2) is 42.5 Å². The van der Waals surface area contributed by atoms with E-state index in [-0.39, 0.29) is 11.1 Å². The zero-order valence-electron chi connectivity index (χ0n) is 12.3. The van der Waals surface area contributed by atoms with E-state index in [2.05, 4.69) is 4.74 Å². The summed E-state index contributed by atoms with van der Waals surface area (Å²) in [6.45, 7) is 1.44. The summed E-state index contributed by atoms with van der Waals surface area (Å²) in [6, 6.07) is 8.84. The minimum absolute atomic E-state index is 0.240. The third-order valence-electron chi connectivity index (χ3n) is 3.16. The van der Waals surface area contributed by atoms with E-state index >= 15 is 0 Å². The Balaban J connectivity index is 2.37. The Kier molecular flexibility index (Phi) is 4.64. The molecule has 9 heteroatoms. The Morgan fingerprint density at radius 2 is 1.46 bits per heavy atom. The number of hydrogen-bond acceptors (Lipinski definition) is 7. The largest absolute Gasteiger partial charge is 0.385 e. The van der Waals surface area contributed by atoms with E-state index in [4.69, 9.17) is 0 Å². The van der Waals surface area contributed by atoms with E-state index in [1.807, 2.05) is 0 Å². The minimum Gasteiger partial charge on any atom is -0.385 e. The van der Waals surface area contributed by atoms with Crippen LogP contribution in [-0.2, 0) is 4.74 Å². The molecule has 0 aliphatic rings. The van der Waals surface area contributed by atoms with Gasteiger partial charge in [-0.1, -0.05) is 24.3 Å². The lowest BCUT2D eigenvalue weighted by molar-refractivity contribution is -0.385. The van der Waals surface area contributed by atoms with Gasteiger partial charge in [-0.15, -0.1) is 0 Å². The molecule has 0 radical (unpaired) electrons. The van der Waals surface area contributed by atoms with Gasteiger partial charge >= 0.3 is 11.9 Å². The Morgan fingerprint density at radius 1 is 0.875 bits per heavy atom. The SMILES string of the molecule is Cc1cccc([N+](=O)[O-])c1C(=O)OC(=O)c1ccccc1[N+](=O)[O-]. The first-order chi connectivity index (χ1) is 11.3. The molecule has 0 heterocycles. The lowest BCUT2D eigenvalue weighted by atomic mass is 10.1. The predicted molar refractivity (Wildman–Crippen MR) is 80.7 cm³/mol. The molecule has 0 atom stereocenters. The molecule has 2 rings (SSSR count). The van der Waals surface area contributed by atoms with Crippen molar-refractivity contribution >= 4 is 23.3 Å². The first kappa shape index (κ1) is 16.7. The zero-order valence-corrected chi connectivity index (χ0v) is 12.3. The summed E-state index contributed by atoms with van der Waals surface area (Å²) in [5.41, 5.74) is -1.61. The number of para-hydroxylation sites is 1. The summed E-state index contributed by atoms with van der Waals surface area (Å²) in [4.78, 5) is 44.5. The van der Waals surface area contributed by atoms with E-state index in [1.54, 1.807) is 0 Å². The number of nitrogens with zero attached hydrogens (tertiary/aromatic N) is 2. The summed E-state index contributed by atoms with van der Waals surface area (Å²) < 4.78 is 4.60. The lowest BCUT2D eigenvalue weighted by Crippen LogP contribution is -2.16. The maximum Gasteiger partial charge on any atom is 0.353 e. The third kappa shape index (κ3) is 3.24. The van der Waals surface area contributed by atoms with Gasteiger partial charge in [-0.25, -0.2) is 9.59 Å². The van der Waals surface area contributed by atoms with E-state index in [0.29, 0.717) is 0 Å². The van der Waals surface area contributed by atoms with Crippen molar-refractivity contribution in [3.05, 3.63) is 79.4 Å². The van der Waals surface area contributed by atoms with Gasteiger partial charge in [0.2, 0.25) is 0 Å². The summed E-state index contributed by atoms with van der Waals surface area (Å²) in [5, 5.41) is 21.9. The van der Waals surface area contributed by atoms with Gasteiger partial charge in [-0.2, -0.15) is 0 Å². The molecule has 24 heavy (non-hydrogen) atoms. The number of carbonyl (C=O) groups excluding carboxylic acids is 2. The second kappa shape index (κ2) is 6.65. The predicted octanol–water partition coefficient (Wildman–Crippen LogP) is 2.81. The maximum atomic E-state index is 12.1. The van der Waals surface area contributed by atoms with E-state index < -0.39 is 38.7 Å². The van der Waals surface area contributed by atoms with Crippen LogP contribution in [-0.4, -0.2) is 21.8 Å². The molecule has 0 bridgehead atoms.